The number of carbonyl (C=O) groups is 1. The third kappa shape index (κ3) is 1.80. The highest BCUT2D eigenvalue weighted by atomic mass is 16.4. The van der Waals surface area contributed by atoms with Crippen LogP contribution in [0.15, 0.2) is 35.1 Å². The molecule has 0 aliphatic rings. The molecule has 0 radical (unpaired) electrons. The van der Waals surface area contributed by atoms with Crippen LogP contribution in [-0.4, -0.2) is 16.2 Å². The lowest BCUT2D eigenvalue weighted by Crippen LogP contribution is -2.12. The quantitative estimate of drug-likeness (QED) is 0.660. The number of para-hydroxylation sites is 1. The number of hydrogen-bond acceptors (Lipinski definition) is 2. The van der Waals surface area contributed by atoms with Gasteiger partial charge in [0.25, 0.3) is 0 Å². The van der Waals surface area contributed by atoms with Gasteiger partial charge in [0.15, 0.2) is 0 Å². The number of aromatic amines is 1. The van der Waals surface area contributed by atoms with Crippen LogP contribution in [0.3, 0.4) is 0 Å². The minimum Gasteiger partial charge on any atom is -0.465 e. The number of fused-ring (bicyclic) bond motifs is 1. The SMILES string of the molecule is O=C(O)Nc1cc(=O)[nH]c2ccccc12. The molecule has 0 aliphatic carbocycles. The van der Waals surface area contributed by atoms with Crippen LogP contribution in [0, 0.1) is 0 Å². The van der Waals surface area contributed by atoms with Crippen molar-refractivity contribution < 1.29 is 9.90 Å². The van der Waals surface area contributed by atoms with E-state index >= 15 is 0 Å². The lowest BCUT2D eigenvalue weighted by molar-refractivity contribution is 0.210. The summed E-state index contributed by atoms with van der Waals surface area (Å²) in [6.07, 6.45) is -1.19. The predicted octanol–water partition coefficient (Wildman–Crippen LogP) is 1.62. The maximum atomic E-state index is 11.2. The van der Waals surface area contributed by atoms with Gasteiger partial charge in [0.2, 0.25) is 5.56 Å². The summed E-state index contributed by atoms with van der Waals surface area (Å²) in [7, 11) is 0. The van der Waals surface area contributed by atoms with Crippen molar-refractivity contribution in [3.8, 4) is 0 Å². The molecule has 1 heterocycles. The van der Waals surface area contributed by atoms with E-state index in [1.165, 1.54) is 6.07 Å². The number of anilines is 1. The van der Waals surface area contributed by atoms with Gasteiger partial charge >= 0.3 is 6.09 Å². The third-order valence-electron chi connectivity index (χ3n) is 1.99. The van der Waals surface area contributed by atoms with Gasteiger partial charge in [0, 0.05) is 11.5 Å². The number of amides is 1. The fourth-order valence-electron chi connectivity index (χ4n) is 1.42. The van der Waals surface area contributed by atoms with Gasteiger partial charge < -0.3 is 10.1 Å². The molecule has 1 aromatic carbocycles. The number of nitrogens with one attached hydrogen (secondary N) is 2. The van der Waals surface area contributed by atoms with Gasteiger partial charge in [0.1, 0.15) is 0 Å². The number of hydrogen-bond donors (Lipinski definition) is 3. The van der Waals surface area contributed by atoms with E-state index in [-0.39, 0.29) is 5.56 Å². The van der Waals surface area contributed by atoms with Gasteiger partial charge in [0.05, 0.1) is 11.2 Å². The Labute approximate surface area is 84.4 Å². The zero-order valence-electron chi connectivity index (χ0n) is 7.65. The molecule has 0 bridgehead atoms. The molecule has 1 aromatic heterocycles. The Bertz CT molecular complexity index is 574. The second-order valence-corrected chi connectivity index (χ2v) is 3.02. The Morgan fingerprint density at radius 2 is 2.07 bits per heavy atom. The van der Waals surface area contributed by atoms with Crippen molar-refractivity contribution in [3.63, 3.8) is 0 Å². The van der Waals surface area contributed by atoms with Gasteiger partial charge in [-0.3, -0.25) is 10.1 Å². The Hall–Kier alpha value is -2.30. The number of H-pyrrole nitrogens is 1. The zero-order chi connectivity index (χ0) is 10.8. The van der Waals surface area contributed by atoms with E-state index in [1.807, 2.05) is 0 Å². The minimum atomic E-state index is -1.19. The van der Waals surface area contributed by atoms with Gasteiger partial charge in [-0.05, 0) is 6.07 Å². The van der Waals surface area contributed by atoms with E-state index in [9.17, 15) is 9.59 Å². The van der Waals surface area contributed by atoms with E-state index in [0.29, 0.717) is 16.6 Å². The second-order valence-electron chi connectivity index (χ2n) is 3.02. The van der Waals surface area contributed by atoms with E-state index in [1.54, 1.807) is 24.3 Å². The van der Waals surface area contributed by atoms with Gasteiger partial charge in [-0.25, -0.2) is 4.79 Å². The largest absolute Gasteiger partial charge is 0.465 e. The van der Waals surface area contributed by atoms with Crippen molar-refractivity contribution in [1.82, 2.24) is 4.98 Å². The van der Waals surface area contributed by atoms with Crippen molar-refractivity contribution in [2.24, 2.45) is 0 Å². The van der Waals surface area contributed by atoms with Crippen LogP contribution < -0.4 is 10.9 Å². The first kappa shape index (κ1) is 9.26. The van der Waals surface area contributed by atoms with Gasteiger partial charge in [-0.1, -0.05) is 18.2 Å². The molecule has 0 spiro atoms. The normalized spacial score (nSPS) is 10.1. The van der Waals surface area contributed by atoms with Crippen LogP contribution >= 0.6 is 0 Å². The monoisotopic (exact) mass is 204 g/mol. The lowest BCUT2D eigenvalue weighted by atomic mass is 10.2. The first-order valence-corrected chi connectivity index (χ1v) is 4.29. The molecule has 0 atom stereocenters. The topological polar surface area (TPSA) is 82.2 Å². The zero-order valence-corrected chi connectivity index (χ0v) is 7.65. The molecule has 2 rings (SSSR count). The molecule has 5 heteroatoms. The first-order valence-electron chi connectivity index (χ1n) is 4.29. The summed E-state index contributed by atoms with van der Waals surface area (Å²) in [5, 5.41) is 11.4. The summed E-state index contributed by atoms with van der Waals surface area (Å²) in [5.74, 6) is 0. The van der Waals surface area contributed by atoms with E-state index in [4.69, 9.17) is 5.11 Å². The second kappa shape index (κ2) is 3.45. The highest BCUT2D eigenvalue weighted by Gasteiger charge is 2.04. The average molecular weight is 204 g/mol. The molecule has 5 nitrogen and oxygen atoms in total. The van der Waals surface area contributed by atoms with Crippen LogP contribution in [0.4, 0.5) is 10.5 Å². The summed E-state index contributed by atoms with van der Waals surface area (Å²) in [6, 6.07) is 8.20. The summed E-state index contributed by atoms with van der Waals surface area (Å²) in [5.41, 5.74) is 0.563. The summed E-state index contributed by atoms with van der Waals surface area (Å²) in [4.78, 5) is 24.3. The summed E-state index contributed by atoms with van der Waals surface area (Å²) in [6.45, 7) is 0. The molecule has 0 saturated carbocycles. The molecule has 15 heavy (non-hydrogen) atoms. The Morgan fingerprint density at radius 3 is 2.80 bits per heavy atom. The van der Waals surface area contributed by atoms with Crippen LogP contribution in [0.25, 0.3) is 10.9 Å². The highest BCUT2D eigenvalue weighted by Crippen LogP contribution is 2.18. The molecule has 3 N–H and O–H groups in total. The predicted molar refractivity (Wildman–Crippen MR) is 56.2 cm³/mol. The number of rotatable bonds is 1. The molecule has 0 unspecified atom stereocenters. The smallest absolute Gasteiger partial charge is 0.409 e. The van der Waals surface area contributed by atoms with E-state index < -0.39 is 6.09 Å². The molecular formula is C10H8N2O3. The minimum absolute atomic E-state index is 0.293. The van der Waals surface area contributed by atoms with Crippen molar-refractivity contribution in [2.45, 2.75) is 0 Å². The molecule has 1 amide bonds. The Balaban J connectivity index is 2.71. The van der Waals surface area contributed by atoms with E-state index in [2.05, 4.69) is 10.3 Å². The summed E-state index contributed by atoms with van der Waals surface area (Å²) < 4.78 is 0. The molecule has 76 valence electrons. The Morgan fingerprint density at radius 1 is 1.33 bits per heavy atom. The van der Waals surface area contributed by atoms with Crippen molar-refractivity contribution >= 4 is 22.7 Å². The fraction of sp³-hybridized carbons (Fsp3) is 0. The number of benzene rings is 1. The van der Waals surface area contributed by atoms with Crippen LogP contribution in [0.2, 0.25) is 0 Å². The third-order valence-corrected chi connectivity index (χ3v) is 1.99. The first-order chi connectivity index (χ1) is 7.16. The van der Waals surface area contributed by atoms with Crippen molar-refractivity contribution in [1.29, 1.82) is 0 Å². The van der Waals surface area contributed by atoms with Crippen LogP contribution in [0.5, 0.6) is 0 Å². The standard InChI is InChI=1S/C10H8N2O3/c13-9-5-8(12-10(14)15)6-3-1-2-4-7(6)11-9/h1-5H,(H,14,15)(H2,11,12,13). The van der Waals surface area contributed by atoms with Crippen LogP contribution in [-0.2, 0) is 0 Å². The summed E-state index contributed by atoms with van der Waals surface area (Å²) >= 11 is 0. The van der Waals surface area contributed by atoms with Gasteiger partial charge in [-0.15, -0.1) is 0 Å². The molecule has 2 aromatic rings. The maximum absolute atomic E-state index is 11.2. The average Bonchev–Trinajstić information content (AvgIpc) is 2.16. The number of aromatic nitrogens is 1. The van der Waals surface area contributed by atoms with Gasteiger partial charge in [-0.2, -0.15) is 0 Å². The van der Waals surface area contributed by atoms with E-state index in [0.717, 1.165) is 0 Å². The molecule has 0 aliphatic heterocycles. The number of carboxylic acid groups (broad SMARTS) is 1. The maximum Gasteiger partial charge on any atom is 0.409 e. The van der Waals surface area contributed by atoms with Crippen molar-refractivity contribution in [2.75, 3.05) is 5.32 Å². The van der Waals surface area contributed by atoms with Crippen molar-refractivity contribution in [3.05, 3.63) is 40.7 Å². The molecule has 0 fully saturated rings. The highest BCUT2D eigenvalue weighted by molar-refractivity contribution is 5.97. The molecule has 0 saturated heterocycles. The number of pyridine rings is 1. The lowest BCUT2D eigenvalue weighted by Gasteiger charge is -2.04. The fourth-order valence-corrected chi connectivity index (χ4v) is 1.42. The van der Waals surface area contributed by atoms with Crippen LogP contribution in [0.1, 0.15) is 0 Å². The Kier molecular flexibility index (Phi) is 2.13. The molecular weight excluding hydrogens is 196 g/mol.